The monoisotopic (exact) mass is 428 g/mol. The minimum absolute atomic E-state index is 0.0632. The molecule has 1 heterocycles. The number of nitrogens with one attached hydrogen (secondary N) is 1. The van der Waals surface area contributed by atoms with E-state index in [-0.39, 0.29) is 10.8 Å². The lowest BCUT2D eigenvalue weighted by Gasteiger charge is -2.26. The summed E-state index contributed by atoms with van der Waals surface area (Å²) >= 11 is 0. The van der Waals surface area contributed by atoms with E-state index in [0.717, 1.165) is 18.5 Å². The molecule has 3 rings (SSSR count). The molecule has 1 atom stereocenters. The van der Waals surface area contributed by atoms with E-state index in [1.54, 1.807) is 12.1 Å². The average Bonchev–Trinajstić information content (AvgIpc) is 3.12. The van der Waals surface area contributed by atoms with Crippen molar-refractivity contribution in [2.24, 2.45) is 4.40 Å². The van der Waals surface area contributed by atoms with Crippen molar-refractivity contribution in [3.05, 3.63) is 60.2 Å². The number of nitrogens with zero attached hydrogens (tertiary/aromatic N) is 3. The van der Waals surface area contributed by atoms with Crippen LogP contribution >= 0.6 is 0 Å². The van der Waals surface area contributed by atoms with E-state index in [1.807, 2.05) is 61.2 Å². The number of carbonyl (C=O) groups is 1. The zero-order valence-electron chi connectivity index (χ0n) is 17.6. The largest absolute Gasteiger partial charge is 0.362 e. The smallest absolute Gasteiger partial charge is 0.284 e. The van der Waals surface area contributed by atoms with Crippen molar-refractivity contribution in [2.45, 2.75) is 30.7 Å². The number of likely N-dealkylation sites (tertiary alicyclic amines) is 1. The number of hydrogen-bond donors (Lipinski definition) is 1. The third kappa shape index (κ3) is 5.06. The van der Waals surface area contributed by atoms with Gasteiger partial charge in [-0.15, -0.1) is 4.40 Å². The number of anilines is 1. The molecule has 0 aliphatic carbocycles. The van der Waals surface area contributed by atoms with Crippen LogP contribution in [0.25, 0.3) is 0 Å². The summed E-state index contributed by atoms with van der Waals surface area (Å²) in [5.41, 5.74) is 1.30. The molecule has 2 aromatic rings. The molecule has 30 heavy (non-hydrogen) atoms. The molecular formula is C22H28N4O3S. The minimum Gasteiger partial charge on any atom is -0.362 e. The Kier molecular flexibility index (Phi) is 6.89. The molecule has 1 saturated heterocycles. The fourth-order valence-electron chi connectivity index (χ4n) is 3.47. The van der Waals surface area contributed by atoms with Crippen LogP contribution in [0.4, 0.5) is 5.69 Å². The molecule has 0 spiro atoms. The Morgan fingerprint density at radius 3 is 2.57 bits per heavy atom. The molecular weight excluding hydrogens is 400 g/mol. The van der Waals surface area contributed by atoms with E-state index in [2.05, 4.69) is 9.71 Å². The summed E-state index contributed by atoms with van der Waals surface area (Å²) in [7, 11) is -0.123. The van der Waals surface area contributed by atoms with Gasteiger partial charge in [0.05, 0.1) is 4.90 Å². The van der Waals surface area contributed by atoms with Gasteiger partial charge in [0.15, 0.2) is 0 Å². The van der Waals surface area contributed by atoms with Crippen molar-refractivity contribution >= 4 is 27.5 Å². The highest BCUT2D eigenvalue weighted by Gasteiger charge is 2.25. The van der Waals surface area contributed by atoms with Crippen LogP contribution in [-0.4, -0.2) is 57.1 Å². The summed E-state index contributed by atoms with van der Waals surface area (Å²) < 4.78 is 29.5. The Bertz CT molecular complexity index is 1020. The van der Waals surface area contributed by atoms with Crippen molar-refractivity contribution in [3.8, 4) is 0 Å². The molecule has 8 heteroatoms. The highest BCUT2D eigenvalue weighted by molar-refractivity contribution is 7.90. The molecule has 7 nitrogen and oxygen atoms in total. The first kappa shape index (κ1) is 22.0. The van der Waals surface area contributed by atoms with Gasteiger partial charge in [-0.1, -0.05) is 43.3 Å². The SMILES string of the molecule is CCN(C)C(C(=O)Nc1cccc(S(=O)(=O)/N=C2/CCCN2C)c1)c1ccccc1. The molecule has 1 aliphatic rings. The van der Waals surface area contributed by atoms with E-state index in [4.69, 9.17) is 0 Å². The number of likely N-dealkylation sites (N-methyl/N-ethyl adjacent to an activating group) is 1. The van der Waals surface area contributed by atoms with Gasteiger partial charge >= 0.3 is 0 Å². The minimum atomic E-state index is -3.84. The molecule has 0 bridgehead atoms. The van der Waals surface area contributed by atoms with Gasteiger partial charge in [-0.3, -0.25) is 9.69 Å². The van der Waals surface area contributed by atoms with Crippen molar-refractivity contribution in [1.29, 1.82) is 0 Å². The zero-order chi connectivity index (χ0) is 21.7. The maximum absolute atomic E-state index is 13.1. The van der Waals surface area contributed by atoms with Crippen LogP contribution in [0.2, 0.25) is 0 Å². The second-order valence-corrected chi connectivity index (χ2v) is 9.02. The van der Waals surface area contributed by atoms with Gasteiger partial charge < -0.3 is 10.2 Å². The van der Waals surface area contributed by atoms with Crippen LogP contribution in [-0.2, 0) is 14.8 Å². The van der Waals surface area contributed by atoms with Crippen LogP contribution in [0.3, 0.4) is 0 Å². The van der Waals surface area contributed by atoms with E-state index in [0.29, 0.717) is 24.5 Å². The standard InChI is InChI=1S/C22H28N4O3S/c1-4-25(2)21(17-10-6-5-7-11-17)22(27)23-18-12-8-13-19(16-18)30(28,29)24-20-14-9-15-26(20)3/h5-8,10-13,16,21H,4,9,14-15H2,1-3H3,(H,23,27)/b24-20-. The lowest BCUT2D eigenvalue weighted by Crippen LogP contribution is -2.34. The summed E-state index contributed by atoms with van der Waals surface area (Å²) in [4.78, 5) is 16.9. The maximum atomic E-state index is 13.1. The molecule has 1 N–H and O–H groups in total. The molecule has 2 aromatic carbocycles. The van der Waals surface area contributed by atoms with Crippen LogP contribution in [0, 0.1) is 0 Å². The Morgan fingerprint density at radius 1 is 1.20 bits per heavy atom. The van der Waals surface area contributed by atoms with Gasteiger partial charge in [0.25, 0.3) is 10.0 Å². The lowest BCUT2D eigenvalue weighted by molar-refractivity contribution is -0.121. The molecule has 0 aromatic heterocycles. The van der Waals surface area contributed by atoms with Crippen molar-refractivity contribution in [1.82, 2.24) is 9.80 Å². The summed E-state index contributed by atoms with van der Waals surface area (Å²) in [5.74, 6) is 0.347. The molecule has 1 aliphatic heterocycles. The van der Waals surface area contributed by atoms with Gasteiger partial charge in [-0.05, 0) is 43.8 Å². The molecule has 0 saturated carbocycles. The number of amides is 1. The normalized spacial score (nSPS) is 16.8. The maximum Gasteiger partial charge on any atom is 0.284 e. The molecule has 160 valence electrons. The quantitative estimate of drug-likeness (QED) is 0.733. The third-order valence-corrected chi connectivity index (χ3v) is 6.56. The summed E-state index contributed by atoms with van der Waals surface area (Å²) in [5, 5.41) is 2.87. The fraction of sp³-hybridized carbons (Fsp3) is 0.364. The van der Waals surface area contributed by atoms with E-state index in [9.17, 15) is 13.2 Å². The molecule has 0 radical (unpaired) electrons. The predicted molar refractivity (Wildman–Crippen MR) is 119 cm³/mol. The Hall–Kier alpha value is -2.71. The van der Waals surface area contributed by atoms with Crippen LogP contribution in [0.1, 0.15) is 31.4 Å². The Balaban J connectivity index is 1.84. The topological polar surface area (TPSA) is 82.1 Å². The zero-order valence-corrected chi connectivity index (χ0v) is 18.4. The molecule has 1 unspecified atom stereocenters. The molecule has 1 fully saturated rings. The van der Waals surface area contributed by atoms with Crippen molar-refractivity contribution < 1.29 is 13.2 Å². The van der Waals surface area contributed by atoms with E-state index >= 15 is 0 Å². The Morgan fingerprint density at radius 2 is 1.93 bits per heavy atom. The van der Waals surface area contributed by atoms with Gasteiger partial charge in [0.1, 0.15) is 11.9 Å². The number of carbonyl (C=O) groups excluding carboxylic acids is 1. The fourth-order valence-corrected chi connectivity index (χ4v) is 4.61. The number of rotatable bonds is 7. The van der Waals surface area contributed by atoms with Gasteiger partial charge in [-0.25, -0.2) is 0 Å². The number of hydrogen-bond acceptors (Lipinski definition) is 4. The number of sulfonamides is 1. The first-order valence-corrected chi connectivity index (χ1v) is 11.5. The van der Waals surface area contributed by atoms with Gasteiger partial charge in [-0.2, -0.15) is 8.42 Å². The summed E-state index contributed by atoms with van der Waals surface area (Å²) in [6.45, 7) is 3.47. The van der Waals surface area contributed by atoms with Crippen LogP contribution in [0.5, 0.6) is 0 Å². The number of benzene rings is 2. The van der Waals surface area contributed by atoms with E-state index < -0.39 is 16.1 Å². The Labute approximate surface area is 178 Å². The number of amidine groups is 1. The van der Waals surface area contributed by atoms with Crippen molar-refractivity contribution in [3.63, 3.8) is 0 Å². The highest BCUT2D eigenvalue weighted by Crippen LogP contribution is 2.24. The summed E-state index contributed by atoms with van der Waals surface area (Å²) in [6, 6.07) is 15.3. The lowest BCUT2D eigenvalue weighted by atomic mass is 10.0. The second kappa shape index (κ2) is 9.40. The molecule has 1 amide bonds. The van der Waals surface area contributed by atoms with Gasteiger partial charge in [0.2, 0.25) is 5.91 Å². The highest BCUT2D eigenvalue weighted by atomic mass is 32.2. The summed E-state index contributed by atoms with van der Waals surface area (Å²) in [6.07, 6.45) is 1.54. The van der Waals surface area contributed by atoms with Crippen molar-refractivity contribution in [2.75, 3.05) is 32.5 Å². The first-order valence-electron chi connectivity index (χ1n) is 10.0. The van der Waals surface area contributed by atoms with Crippen LogP contribution in [0.15, 0.2) is 63.9 Å². The second-order valence-electron chi connectivity index (χ2n) is 7.41. The third-order valence-electron chi connectivity index (χ3n) is 5.26. The average molecular weight is 429 g/mol. The predicted octanol–water partition coefficient (Wildman–Crippen LogP) is 3.13. The first-order chi connectivity index (χ1) is 14.3. The van der Waals surface area contributed by atoms with Gasteiger partial charge in [0, 0.05) is 25.7 Å². The van der Waals surface area contributed by atoms with Crippen LogP contribution < -0.4 is 5.32 Å². The van der Waals surface area contributed by atoms with E-state index in [1.165, 1.54) is 12.1 Å².